The number of fused-ring (bicyclic) bond motifs is 1. The van der Waals surface area contributed by atoms with Crippen molar-refractivity contribution >= 4 is 35.4 Å². The van der Waals surface area contributed by atoms with Crippen molar-refractivity contribution in [2.24, 2.45) is 0 Å². The molecule has 136 valence electrons. The average Bonchev–Trinajstić information content (AvgIpc) is 3.24. The number of carbonyl (C=O) groups excluding carboxylic acids is 2. The van der Waals surface area contributed by atoms with Crippen LogP contribution >= 0.6 is 0 Å². The first-order chi connectivity index (χ1) is 12.6. The molecule has 0 atom stereocenters. The molecule has 2 fully saturated rings. The Morgan fingerprint density at radius 3 is 2.88 bits per heavy atom. The van der Waals surface area contributed by atoms with Crippen molar-refractivity contribution in [3.05, 3.63) is 17.3 Å². The maximum atomic E-state index is 11.8. The molecule has 0 bridgehead atoms. The highest BCUT2D eigenvalue weighted by Gasteiger charge is 2.26. The molecule has 1 aliphatic carbocycles. The van der Waals surface area contributed by atoms with E-state index in [1.165, 1.54) is 0 Å². The molecule has 2 aromatic rings. The van der Waals surface area contributed by atoms with Gasteiger partial charge < -0.3 is 15.7 Å². The molecule has 0 unspecified atom stereocenters. The second-order valence-corrected chi connectivity index (χ2v) is 6.35. The lowest BCUT2D eigenvalue weighted by atomic mass is 10.1. The summed E-state index contributed by atoms with van der Waals surface area (Å²) in [5.41, 5.74) is 1.56. The summed E-state index contributed by atoms with van der Waals surface area (Å²) in [5.74, 6) is 0.289. The van der Waals surface area contributed by atoms with Gasteiger partial charge in [-0.05, 0) is 25.3 Å². The lowest BCUT2D eigenvalue weighted by molar-refractivity contribution is -0.124. The van der Waals surface area contributed by atoms with Crippen LogP contribution in [0, 0.1) is 0 Å². The second kappa shape index (κ2) is 6.71. The number of hydrogen-bond acceptors (Lipinski definition) is 8. The van der Waals surface area contributed by atoms with Gasteiger partial charge in [0, 0.05) is 30.3 Å². The van der Waals surface area contributed by atoms with Crippen LogP contribution in [-0.2, 0) is 9.59 Å². The van der Waals surface area contributed by atoms with E-state index < -0.39 is 0 Å². The molecule has 2 amide bonds. The molecule has 1 aliphatic heterocycles. The van der Waals surface area contributed by atoms with E-state index in [1.807, 2.05) is 0 Å². The van der Waals surface area contributed by atoms with Gasteiger partial charge in [0.05, 0.1) is 12.6 Å². The number of rotatable bonds is 7. The minimum atomic E-state index is -0.388. The average molecular weight is 357 g/mol. The number of aliphatic hydroxyl groups excluding tert-OH is 1. The smallest absolute Gasteiger partial charge is 0.254 e. The van der Waals surface area contributed by atoms with Crippen molar-refractivity contribution in [3.63, 3.8) is 0 Å². The first-order valence-corrected chi connectivity index (χ1v) is 8.56. The van der Waals surface area contributed by atoms with Crippen LogP contribution in [0.25, 0.3) is 11.7 Å². The summed E-state index contributed by atoms with van der Waals surface area (Å²) in [6, 6.07) is 0.377. The number of hydrogen-bond donors (Lipinski definition) is 4. The van der Waals surface area contributed by atoms with Gasteiger partial charge in [-0.25, -0.2) is 0 Å². The summed E-state index contributed by atoms with van der Waals surface area (Å²) in [5, 5.41) is 21.9. The summed E-state index contributed by atoms with van der Waals surface area (Å²) in [7, 11) is 0. The SMILES string of the molecule is O=C1C/C(=C\c2cnn3c(NC4CC4)nc(NCCCO)nc23)C(=O)N1. The van der Waals surface area contributed by atoms with Gasteiger partial charge in [-0.2, -0.15) is 19.6 Å². The van der Waals surface area contributed by atoms with Crippen molar-refractivity contribution in [2.75, 3.05) is 23.8 Å². The molecule has 26 heavy (non-hydrogen) atoms. The Kier molecular flexibility index (Phi) is 4.25. The van der Waals surface area contributed by atoms with Crippen molar-refractivity contribution < 1.29 is 14.7 Å². The Morgan fingerprint density at radius 2 is 2.19 bits per heavy atom. The first kappa shape index (κ1) is 16.5. The van der Waals surface area contributed by atoms with Crippen molar-refractivity contribution in [1.82, 2.24) is 24.9 Å². The van der Waals surface area contributed by atoms with Gasteiger partial charge in [-0.1, -0.05) is 0 Å². The van der Waals surface area contributed by atoms with Crippen LogP contribution in [0.1, 0.15) is 31.2 Å². The summed E-state index contributed by atoms with van der Waals surface area (Å²) >= 11 is 0. The predicted molar refractivity (Wildman–Crippen MR) is 93.4 cm³/mol. The molecular weight excluding hydrogens is 338 g/mol. The number of aliphatic hydroxyl groups is 1. The number of amides is 2. The van der Waals surface area contributed by atoms with Crippen molar-refractivity contribution in [1.29, 1.82) is 0 Å². The molecule has 0 spiro atoms. The third-order valence-corrected chi connectivity index (χ3v) is 4.15. The van der Waals surface area contributed by atoms with Crippen molar-refractivity contribution in [3.8, 4) is 0 Å². The minimum Gasteiger partial charge on any atom is -0.396 e. The van der Waals surface area contributed by atoms with Gasteiger partial charge in [-0.3, -0.25) is 14.9 Å². The molecule has 2 aliphatic rings. The fourth-order valence-corrected chi connectivity index (χ4v) is 2.67. The molecule has 3 heterocycles. The molecule has 10 heteroatoms. The summed E-state index contributed by atoms with van der Waals surface area (Å²) in [4.78, 5) is 32.1. The van der Waals surface area contributed by atoms with Crippen LogP contribution in [0.3, 0.4) is 0 Å². The summed E-state index contributed by atoms with van der Waals surface area (Å²) in [6.07, 6.45) is 6.03. The van der Waals surface area contributed by atoms with Crippen LogP contribution in [0.15, 0.2) is 11.8 Å². The monoisotopic (exact) mass is 357 g/mol. The number of nitrogens with zero attached hydrogens (tertiary/aromatic N) is 4. The Hall–Kier alpha value is -3.01. The van der Waals surface area contributed by atoms with Crippen LogP contribution in [-0.4, -0.2) is 55.7 Å². The topological polar surface area (TPSA) is 134 Å². The molecule has 4 rings (SSSR count). The van der Waals surface area contributed by atoms with Crippen LogP contribution in [0.2, 0.25) is 0 Å². The normalized spacial score (nSPS) is 18.6. The zero-order valence-corrected chi connectivity index (χ0v) is 14.0. The molecule has 10 nitrogen and oxygen atoms in total. The van der Waals surface area contributed by atoms with Crippen LogP contribution < -0.4 is 16.0 Å². The van der Waals surface area contributed by atoms with E-state index in [0.29, 0.717) is 47.7 Å². The number of aromatic nitrogens is 4. The van der Waals surface area contributed by atoms with E-state index in [-0.39, 0.29) is 24.8 Å². The maximum absolute atomic E-state index is 11.8. The van der Waals surface area contributed by atoms with Gasteiger partial charge in [0.2, 0.25) is 17.8 Å². The summed E-state index contributed by atoms with van der Waals surface area (Å²) < 4.78 is 1.59. The zero-order valence-electron chi connectivity index (χ0n) is 14.0. The highest BCUT2D eigenvalue weighted by Crippen LogP contribution is 2.26. The van der Waals surface area contributed by atoms with Gasteiger partial charge in [0.15, 0.2) is 5.65 Å². The predicted octanol–water partition coefficient (Wildman–Crippen LogP) is -0.0772. The van der Waals surface area contributed by atoms with E-state index in [4.69, 9.17) is 5.11 Å². The molecular formula is C16H19N7O3. The molecule has 2 aromatic heterocycles. The quantitative estimate of drug-likeness (QED) is 0.307. The highest BCUT2D eigenvalue weighted by molar-refractivity contribution is 6.15. The number of nitrogens with one attached hydrogen (secondary N) is 3. The van der Waals surface area contributed by atoms with Crippen LogP contribution in [0.5, 0.6) is 0 Å². The molecule has 0 radical (unpaired) electrons. The standard InChI is InChI=1S/C16H19N7O3/c24-5-1-4-17-15-21-13-10(6-9-7-12(25)20-14(9)26)8-18-23(13)16(22-15)19-11-2-3-11/h6,8,11,24H,1-5,7H2,(H,20,25,26)(H2,17,19,21,22)/b9-6+. The fourth-order valence-electron chi connectivity index (χ4n) is 2.67. The number of carbonyl (C=O) groups is 2. The third kappa shape index (κ3) is 3.36. The zero-order chi connectivity index (χ0) is 18.1. The van der Waals surface area contributed by atoms with E-state index in [2.05, 4.69) is 31.0 Å². The lowest BCUT2D eigenvalue weighted by Gasteiger charge is -2.09. The number of imide groups is 1. The summed E-state index contributed by atoms with van der Waals surface area (Å²) in [6.45, 7) is 0.618. The second-order valence-electron chi connectivity index (χ2n) is 6.35. The van der Waals surface area contributed by atoms with Gasteiger partial charge in [0.25, 0.3) is 5.91 Å². The molecule has 1 saturated carbocycles. The Labute approximate surface area is 148 Å². The Balaban J connectivity index is 1.71. The third-order valence-electron chi connectivity index (χ3n) is 4.15. The molecule has 0 aromatic carbocycles. The van der Waals surface area contributed by atoms with Gasteiger partial charge in [-0.15, -0.1) is 0 Å². The molecule has 1 saturated heterocycles. The Morgan fingerprint density at radius 1 is 1.35 bits per heavy atom. The van der Waals surface area contributed by atoms with Crippen LogP contribution in [0.4, 0.5) is 11.9 Å². The highest BCUT2D eigenvalue weighted by atomic mass is 16.3. The van der Waals surface area contributed by atoms with Gasteiger partial charge in [0.1, 0.15) is 0 Å². The van der Waals surface area contributed by atoms with E-state index in [9.17, 15) is 9.59 Å². The molecule has 4 N–H and O–H groups in total. The first-order valence-electron chi connectivity index (χ1n) is 8.56. The van der Waals surface area contributed by atoms with E-state index in [0.717, 1.165) is 12.8 Å². The van der Waals surface area contributed by atoms with E-state index in [1.54, 1.807) is 16.8 Å². The maximum Gasteiger partial charge on any atom is 0.254 e. The van der Waals surface area contributed by atoms with Gasteiger partial charge >= 0.3 is 0 Å². The largest absolute Gasteiger partial charge is 0.396 e. The lowest BCUT2D eigenvalue weighted by Crippen LogP contribution is -2.19. The Bertz CT molecular complexity index is 901. The van der Waals surface area contributed by atoms with E-state index >= 15 is 0 Å². The number of anilines is 2. The minimum absolute atomic E-state index is 0.0516. The van der Waals surface area contributed by atoms with Crippen molar-refractivity contribution in [2.45, 2.75) is 31.7 Å². The fraction of sp³-hybridized carbons (Fsp3) is 0.438.